The molecule has 0 heterocycles. The first-order valence-electron chi connectivity index (χ1n) is 3.90. The molecule has 0 aromatic rings. The number of carboxylic acids is 2. The Kier molecular flexibility index (Phi) is 5.82. The summed E-state index contributed by atoms with van der Waals surface area (Å²) >= 11 is 0. The van der Waals surface area contributed by atoms with Crippen molar-refractivity contribution in [1.82, 2.24) is 10.6 Å². The van der Waals surface area contributed by atoms with Gasteiger partial charge in [-0.15, -0.1) is 0 Å². The molecule has 0 aliphatic rings. The van der Waals surface area contributed by atoms with Gasteiger partial charge < -0.3 is 20.8 Å². The Morgan fingerprint density at radius 2 is 1.77 bits per heavy atom. The highest BCUT2D eigenvalue weighted by Crippen LogP contribution is 1.77. The van der Waals surface area contributed by atoms with Gasteiger partial charge in [0.2, 0.25) is 0 Å². The van der Waals surface area contributed by atoms with Gasteiger partial charge in [0, 0.05) is 12.6 Å². The van der Waals surface area contributed by atoms with Gasteiger partial charge in [-0.05, 0) is 6.92 Å². The van der Waals surface area contributed by atoms with Gasteiger partial charge in [-0.25, -0.2) is 0 Å². The number of hydrogen-bond donors (Lipinski definition) is 4. The Morgan fingerprint density at radius 3 is 2.23 bits per heavy atom. The summed E-state index contributed by atoms with van der Waals surface area (Å²) in [6.45, 7) is 1.98. The highest BCUT2D eigenvalue weighted by molar-refractivity contribution is 5.69. The first-order valence-corrected chi connectivity index (χ1v) is 3.90. The SMILES string of the molecule is C[C@@H](CNCC(=O)O)NCC(=O)O. The zero-order valence-electron chi connectivity index (χ0n) is 7.41. The molecule has 0 spiro atoms. The van der Waals surface area contributed by atoms with Crippen LogP contribution in [0.1, 0.15) is 6.92 Å². The first kappa shape index (κ1) is 11.9. The van der Waals surface area contributed by atoms with E-state index in [1.807, 2.05) is 0 Å². The molecule has 0 amide bonds. The van der Waals surface area contributed by atoms with Crippen LogP contribution in [0.15, 0.2) is 0 Å². The highest BCUT2D eigenvalue weighted by Gasteiger charge is 2.03. The smallest absolute Gasteiger partial charge is 0.317 e. The lowest BCUT2D eigenvalue weighted by Gasteiger charge is -2.11. The van der Waals surface area contributed by atoms with Gasteiger partial charge in [-0.2, -0.15) is 0 Å². The van der Waals surface area contributed by atoms with E-state index in [1.54, 1.807) is 6.92 Å². The van der Waals surface area contributed by atoms with E-state index in [2.05, 4.69) is 10.6 Å². The average molecular weight is 190 g/mol. The maximum absolute atomic E-state index is 10.1. The number of carbonyl (C=O) groups is 2. The van der Waals surface area contributed by atoms with E-state index >= 15 is 0 Å². The molecule has 0 saturated heterocycles. The molecule has 0 rings (SSSR count). The van der Waals surface area contributed by atoms with Crippen LogP contribution in [-0.4, -0.2) is 47.8 Å². The Bertz CT molecular complexity index is 183. The summed E-state index contributed by atoms with van der Waals surface area (Å²) in [6.07, 6.45) is 0. The van der Waals surface area contributed by atoms with Crippen LogP contribution in [0, 0.1) is 0 Å². The summed E-state index contributed by atoms with van der Waals surface area (Å²) in [4.78, 5) is 20.2. The van der Waals surface area contributed by atoms with E-state index in [4.69, 9.17) is 10.2 Å². The fourth-order valence-corrected chi connectivity index (χ4v) is 0.729. The van der Waals surface area contributed by atoms with Gasteiger partial charge in [0.05, 0.1) is 13.1 Å². The van der Waals surface area contributed by atoms with E-state index in [-0.39, 0.29) is 19.1 Å². The van der Waals surface area contributed by atoms with Crippen molar-refractivity contribution in [2.45, 2.75) is 13.0 Å². The topological polar surface area (TPSA) is 98.7 Å². The van der Waals surface area contributed by atoms with Crippen molar-refractivity contribution in [2.75, 3.05) is 19.6 Å². The summed E-state index contributed by atoms with van der Waals surface area (Å²) in [7, 11) is 0. The van der Waals surface area contributed by atoms with E-state index in [1.165, 1.54) is 0 Å². The Morgan fingerprint density at radius 1 is 1.23 bits per heavy atom. The van der Waals surface area contributed by atoms with Crippen LogP contribution in [0.5, 0.6) is 0 Å². The minimum Gasteiger partial charge on any atom is -0.480 e. The third kappa shape index (κ3) is 8.77. The fourth-order valence-electron chi connectivity index (χ4n) is 0.729. The number of rotatable bonds is 7. The number of carboxylic acid groups (broad SMARTS) is 2. The van der Waals surface area contributed by atoms with E-state index < -0.39 is 11.9 Å². The molecule has 76 valence electrons. The molecule has 0 unspecified atom stereocenters. The minimum absolute atomic E-state index is 0.0598. The second-order valence-corrected chi connectivity index (χ2v) is 2.70. The van der Waals surface area contributed by atoms with Crippen LogP contribution >= 0.6 is 0 Å². The zero-order valence-corrected chi connectivity index (χ0v) is 7.41. The molecule has 4 N–H and O–H groups in total. The van der Waals surface area contributed by atoms with Crippen LogP contribution in [-0.2, 0) is 9.59 Å². The van der Waals surface area contributed by atoms with Gasteiger partial charge in [0.25, 0.3) is 0 Å². The normalized spacial score (nSPS) is 12.4. The monoisotopic (exact) mass is 190 g/mol. The maximum atomic E-state index is 10.1. The molecule has 0 saturated carbocycles. The van der Waals surface area contributed by atoms with Crippen LogP contribution < -0.4 is 10.6 Å². The fraction of sp³-hybridized carbons (Fsp3) is 0.714. The molecular weight excluding hydrogens is 176 g/mol. The van der Waals surface area contributed by atoms with E-state index in [0.29, 0.717) is 6.54 Å². The van der Waals surface area contributed by atoms with Crippen LogP contribution in [0.4, 0.5) is 0 Å². The lowest BCUT2D eigenvalue weighted by atomic mass is 10.3. The standard InChI is InChI=1S/C7H14N2O4/c1-5(9-4-7(12)13)2-8-3-6(10)11/h5,8-9H,2-4H2,1H3,(H,10,11)(H,12,13)/t5-/m0/s1. The number of aliphatic carboxylic acids is 2. The summed E-state index contributed by atoms with van der Waals surface area (Å²) in [5.41, 5.74) is 0. The van der Waals surface area contributed by atoms with E-state index in [0.717, 1.165) is 0 Å². The van der Waals surface area contributed by atoms with Gasteiger partial charge in [0.15, 0.2) is 0 Å². The van der Waals surface area contributed by atoms with Crippen molar-refractivity contribution in [2.24, 2.45) is 0 Å². The average Bonchev–Trinajstić information content (AvgIpc) is 2.00. The van der Waals surface area contributed by atoms with Crippen LogP contribution in [0.3, 0.4) is 0 Å². The molecule has 0 aliphatic heterocycles. The Labute approximate surface area is 75.9 Å². The lowest BCUT2D eigenvalue weighted by Crippen LogP contribution is -2.40. The number of nitrogens with one attached hydrogen (secondary N) is 2. The summed E-state index contributed by atoms with van der Waals surface area (Å²) in [5.74, 6) is -1.85. The molecule has 0 radical (unpaired) electrons. The number of hydrogen-bond acceptors (Lipinski definition) is 4. The quantitative estimate of drug-likeness (QED) is 0.399. The van der Waals surface area contributed by atoms with Crippen molar-refractivity contribution >= 4 is 11.9 Å². The molecule has 13 heavy (non-hydrogen) atoms. The van der Waals surface area contributed by atoms with Crippen molar-refractivity contribution in [3.63, 3.8) is 0 Å². The molecule has 0 aliphatic carbocycles. The predicted octanol–water partition coefficient (Wildman–Crippen LogP) is -1.28. The third-order valence-corrected chi connectivity index (χ3v) is 1.33. The van der Waals surface area contributed by atoms with E-state index in [9.17, 15) is 9.59 Å². The van der Waals surface area contributed by atoms with Crippen molar-refractivity contribution in [3.8, 4) is 0 Å². The summed E-state index contributed by atoms with van der Waals surface area (Å²) < 4.78 is 0. The lowest BCUT2D eigenvalue weighted by molar-refractivity contribution is -0.137. The Balaban J connectivity index is 3.35. The predicted molar refractivity (Wildman–Crippen MR) is 45.6 cm³/mol. The van der Waals surface area contributed by atoms with Gasteiger partial charge in [-0.1, -0.05) is 0 Å². The highest BCUT2D eigenvalue weighted by atomic mass is 16.4. The Hall–Kier alpha value is -1.14. The molecular formula is C7H14N2O4. The van der Waals surface area contributed by atoms with Crippen molar-refractivity contribution < 1.29 is 19.8 Å². The maximum Gasteiger partial charge on any atom is 0.317 e. The second-order valence-electron chi connectivity index (χ2n) is 2.70. The minimum atomic E-state index is -0.926. The third-order valence-electron chi connectivity index (χ3n) is 1.33. The molecule has 0 fully saturated rings. The second kappa shape index (κ2) is 6.38. The molecule has 0 aromatic heterocycles. The first-order chi connectivity index (χ1) is 6.02. The molecule has 0 aromatic carbocycles. The van der Waals surface area contributed by atoms with Crippen molar-refractivity contribution in [1.29, 1.82) is 0 Å². The van der Waals surface area contributed by atoms with Gasteiger partial charge in [-0.3, -0.25) is 9.59 Å². The zero-order chi connectivity index (χ0) is 10.3. The van der Waals surface area contributed by atoms with Crippen molar-refractivity contribution in [3.05, 3.63) is 0 Å². The van der Waals surface area contributed by atoms with Crippen LogP contribution in [0.2, 0.25) is 0 Å². The van der Waals surface area contributed by atoms with Gasteiger partial charge in [0.1, 0.15) is 0 Å². The molecule has 1 atom stereocenters. The molecule has 0 bridgehead atoms. The molecule has 6 nitrogen and oxygen atoms in total. The van der Waals surface area contributed by atoms with Crippen LogP contribution in [0.25, 0.3) is 0 Å². The summed E-state index contributed by atoms with van der Waals surface area (Å²) in [6, 6.07) is -0.0598. The largest absolute Gasteiger partial charge is 0.480 e. The van der Waals surface area contributed by atoms with Gasteiger partial charge >= 0.3 is 11.9 Å². The molecule has 6 heteroatoms. The summed E-state index contributed by atoms with van der Waals surface area (Å²) in [5, 5.41) is 21.9.